The van der Waals surface area contributed by atoms with Crippen molar-refractivity contribution in [1.82, 2.24) is 4.98 Å². The van der Waals surface area contributed by atoms with E-state index in [1.54, 1.807) is 18.3 Å². The number of carboxylic acids is 1. The van der Waals surface area contributed by atoms with Crippen molar-refractivity contribution in [2.45, 2.75) is 12.0 Å². The Labute approximate surface area is 121 Å². The van der Waals surface area contributed by atoms with Crippen molar-refractivity contribution in [3.05, 3.63) is 35.5 Å². The number of aromatic nitrogens is 1. The number of benzene rings is 1. The molecule has 6 heteroatoms. The van der Waals surface area contributed by atoms with Crippen LogP contribution in [0.3, 0.4) is 0 Å². The van der Waals surface area contributed by atoms with Crippen LogP contribution in [0.15, 0.2) is 30.5 Å². The monoisotopic (exact) mass is 291 g/mol. The van der Waals surface area contributed by atoms with E-state index in [1.165, 1.54) is 0 Å². The maximum atomic E-state index is 11.2. The predicted molar refractivity (Wildman–Crippen MR) is 78.1 cm³/mol. The largest absolute Gasteiger partial charge is 0.480 e. The van der Waals surface area contributed by atoms with Gasteiger partial charge in [-0.2, -0.15) is 0 Å². The topological polar surface area (TPSA) is 79.5 Å². The van der Waals surface area contributed by atoms with Crippen molar-refractivity contribution in [3.8, 4) is 0 Å². The van der Waals surface area contributed by atoms with Crippen LogP contribution in [0.1, 0.15) is 6.42 Å². The van der Waals surface area contributed by atoms with E-state index in [4.69, 9.17) is 17.3 Å². The molecule has 20 heavy (non-hydrogen) atoms. The van der Waals surface area contributed by atoms with Crippen LogP contribution in [0, 0.1) is 0 Å². The fourth-order valence-electron chi connectivity index (χ4n) is 2.60. The molecule has 1 atom stereocenters. The van der Waals surface area contributed by atoms with Gasteiger partial charge in [-0.1, -0.05) is 11.6 Å². The van der Waals surface area contributed by atoms with E-state index >= 15 is 0 Å². The van der Waals surface area contributed by atoms with Crippen LogP contribution >= 0.6 is 11.6 Å². The summed E-state index contributed by atoms with van der Waals surface area (Å²) in [4.78, 5) is 17.5. The molecule has 0 aliphatic carbocycles. The Morgan fingerprint density at radius 2 is 2.25 bits per heavy atom. The molecule has 0 spiro atoms. The molecule has 0 amide bonds. The third-order valence-electron chi connectivity index (χ3n) is 3.75. The summed E-state index contributed by atoms with van der Waals surface area (Å²) in [6.45, 7) is 0.911. The lowest BCUT2D eigenvalue weighted by Crippen LogP contribution is -2.50. The zero-order valence-corrected chi connectivity index (χ0v) is 11.5. The second-order valence-electron chi connectivity index (χ2n) is 5.12. The number of aliphatic carboxylic acids is 1. The molecular weight excluding hydrogens is 278 g/mol. The van der Waals surface area contributed by atoms with E-state index in [9.17, 15) is 9.90 Å². The first-order valence-electron chi connectivity index (χ1n) is 6.31. The minimum absolute atomic E-state index is 0.296. The van der Waals surface area contributed by atoms with Crippen molar-refractivity contribution in [3.63, 3.8) is 0 Å². The molecule has 3 rings (SSSR count). The van der Waals surface area contributed by atoms with Gasteiger partial charge in [0.05, 0.1) is 5.52 Å². The van der Waals surface area contributed by atoms with E-state index in [0.717, 1.165) is 16.6 Å². The van der Waals surface area contributed by atoms with Crippen LogP contribution in [0.4, 0.5) is 5.69 Å². The minimum Gasteiger partial charge on any atom is -0.480 e. The Balaban J connectivity index is 2.02. The number of carboxylic acid groups (broad SMARTS) is 1. The maximum absolute atomic E-state index is 11.2. The highest BCUT2D eigenvalue weighted by Gasteiger charge is 2.41. The van der Waals surface area contributed by atoms with Crippen molar-refractivity contribution in [2.75, 3.05) is 18.0 Å². The summed E-state index contributed by atoms with van der Waals surface area (Å²) in [7, 11) is 0. The highest BCUT2D eigenvalue weighted by molar-refractivity contribution is 6.31. The highest BCUT2D eigenvalue weighted by Crippen LogP contribution is 2.31. The summed E-state index contributed by atoms with van der Waals surface area (Å²) in [6.07, 6.45) is 2.13. The van der Waals surface area contributed by atoms with Crippen molar-refractivity contribution in [1.29, 1.82) is 0 Å². The number of hydrogen-bond acceptors (Lipinski definition) is 4. The van der Waals surface area contributed by atoms with E-state index in [1.807, 2.05) is 17.0 Å². The number of hydrogen-bond donors (Lipinski definition) is 2. The van der Waals surface area contributed by atoms with Crippen molar-refractivity contribution >= 4 is 34.2 Å². The smallest absolute Gasteiger partial charge is 0.325 e. The average Bonchev–Trinajstić information content (AvgIpc) is 2.81. The molecule has 1 aromatic heterocycles. The average molecular weight is 292 g/mol. The fraction of sp³-hybridized carbons (Fsp3) is 0.286. The number of carbonyl (C=O) groups is 1. The van der Waals surface area contributed by atoms with Gasteiger partial charge >= 0.3 is 5.97 Å². The van der Waals surface area contributed by atoms with E-state index in [0.29, 0.717) is 24.5 Å². The number of rotatable bonds is 2. The molecule has 2 aromatic rings. The third-order valence-corrected chi connectivity index (χ3v) is 3.98. The Hall–Kier alpha value is -1.85. The number of anilines is 1. The van der Waals surface area contributed by atoms with Gasteiger partial charge < -0.3 is 15.7 Å². The molecular formula is C14H14ClN3O2. The number of nitrogens with two attached hydrogens (primary N) is 1. The lowest BCUT2D eigenvalue weighted by Gasteiger charge is -2.22. The van der Waals surface area contributed by atoms with Crippen molar-refractivity contribution in [2.24, 2.45) is 5.73 Å². The lowest BCUT2D eigenvalue weighted by atomic mass is 10.0. The number of nitrogens with zero attached hydrogens (tertiary/aromatic N) is 2. The van der Waals surface area contributed by atoms with Crippen molar-refractivity contribution < 1.29 is 9.90 Å². The summed E-state index contributed by atoms with van der Waals surface area (Å²) in [5.74, 6) is -0.957. The molecule has 1 unspecified atom stereocenters. The first-order valence-corrected chi connectivity index (χ1v) is 6.69. The summed E-state index contributed by atoms with van der Waals surface area (Å²) < 4.78 is 0. The summed E-state index contributed by atoms with van der Waals surface area (Å²) in [5.41, 5.74) is 6.48. The molecule has 1 aromatic carbocycles. The predicted octanol–water partition coefficient (Wildman–Crippen LogP) is 1.88. The molecule has 1 aliphatic rings. The molecule has 1 saturated heterocycles. The van der Waals surface area contributed by atoms with E-state index < -0.39 is 11.5 Å². The van der Waals surface area contributed by atoms with Crippen LogP contribution < -0.4 is 10.6 Å². The Kier molecular flexibility index (Phi) is 3.03. The lowest BCUT2D eigenvalue weighted by molar-refractivity contribution is -0.142. The number of halogens is 1. The second kappa shape index (κ2) is 4.61. The van der Waals surface area contributed by atoms with Gasteiger partial charge in [0.25, 0.3) is 0 Å². The standard InChI is InChI=1S/C14H14ClN3O2/c15-9-1-2-10-11(7-9)17-5-3-12(10)18-6-4-14(16,8-18)13(19)20/h1-3,5,7H,4,6,8,16H2,(H,19,20). The normalized spacial score (nSPS) is 22.4. The minimum atomic E-state index is -1.18. The van der Waals surface area contributed by atoms with Crippen LogP contribution in [-0.4, -0.2) is 34.7 Å². The first kappa shape index (κ1) is 13.1. The molecule has 2 heterocycles. The molecule has 0 radical (unpaired) electrons. The first-order chi connectivity index (χ1) is 9.49. The maximum Gasteiger partial charge on any atom is 0.325 e. The third kappa shape index (κ3) is 2.09. The van der Waals surface area contributed by atoms with E-state index in [2.05, 4.69) is 4.98 Å². The summed E-state index contributed by atoms with van der Waals surface area (Å²) in [5, 5.41) is 10.8. The molecule has 1 aliphatic heterocycles. The van der Waals surface area contributed by atoms with Gasteiger partial charge in [-0.3, -0.25) is 9.78 Å². The molecule has 5 nitrogen and oxygen atoms in total. The second-order valence-corrected chi connectivity index (χ2v) is 5.56. The van der Waals surface area contributed by atoms with Crippen LogP contribution in [0.5, 0.6) is 0 Å². The number of pyridine rings is 1. The Bertz CT molecular complexity index is 691. The Morgan fingerprint density at radius 1 is 1.45 bits per heavy atom. The fourth-order valence-corrected chi connectivity index (χ4v) is 2.76. The highest BCUT2D eigenvalue weighted by atomic mass is 35.5. The van der Waals surface area contributed by atoms with Gasteiger partial charge in [0.2, 0.25) is 0 Å². The summed E-state index contributed by atoms with van der Waals surface area (Å²) in [6, 6.07) is 7.38. The molecule has 0 saturated carbocycles. The van der Waals surface area contributed by atoms with Gasteiger partial charge in [0.15, 0.2) is 0 Å². The van der Waals surface area contributed by atoms with Gasteiger partial charge in [0, 0.05) is 35.4 Å². The van der Waals surface area contributed by atoms with Crippen LogP contribution in [0.2, 0.25) is 5.02 Å². The number of fused-ring (bicyclic) bond motifs is 1. The van der Waals surface area contributed by atoms with Crippen LogP contribution in [-0.2, 0) is 4.79 Å². The van der Waals surface area contributed by atoms with Crippen LogP contribution in [0.25, 0.3) is 10.9 Å². The SMILES string of the molecule is NC1(C(=O)O)CCN(c2ccnc3cc(Cl)ccc23)C1. The van der Waals surface area contributed by atoms with Gasteiger partial charge in [-0.15, -0.1) is 0 Å². The van der Waals surface area contributed by atoms with Gasteiger partial charge in [-0.25, -0.2) is 0 Å². The zero-order chi connectivity index (χ0) is 14.3. The quantitative estimate of drug-likeness (QED) is 0.883. The Morgan fingerprint density at radius 3 is 2.95 bits per heavy atom. The molecule has 1 fully saturated rings. The van der Waals surface area contributed by atoms with E-state index in [-0.39, 0.29) is 0 Å². The van der Waals surface area contributed by atoms with Gasteiger partial charge in [-0.05, 0) is 30.7 Å². The summed E-state index contributed by atoms with van der Waals surface area (Å²) >= 11 is 5.97. The van der Waals surface area contributed by atoms with Gasteiger partial charge in [0.1, 0.15) is 5.54 Å². The zero-order valence-electron chi connectivity index (χ0n) is 10.7. The molecule has 104 valence electrons. The molecule has 3 N–H and O–H groups in total. The molecule has 0 bridgehead atoms.